The van der Waals surface area contributed by atoms with E-state index >= 15 is 0 Å². The van der Waals surface area contributed by atoms with Crippen molar-refractivity contribution in [3.8, 4) is 0 Å². The zero-order valence-electron chi connectivity index (χ0n) is 13.7. The number of anilines is 1. The van der Waals surface area contributed by atoms with E-state index in [0.29, 0.717) is 12.4 Å². The van der Waals surface area contributed by atoms with Gasteiger partial charge in [0.25, 0.3) is 0 Å². The number of fused-ring (bicyclic) bond motifs is 1. The van der Waals surface area contributed by atoms with Gasteiger partial charge in [0, 0.05) is 31.1 Å². The monoisotopic (exact) mass is 333 g/mol. The molecular weight excluding hydrogens is 314 g/mol. The van der Waals surface area contributed by atoms with Gasteiger partial charge in [0.15, 0.2) is 0 Å². The van der Waals surface area contributed by atoms with Gasteiger partial charge < -0.3 is 15.3 Å². The minimum absolute atomic E-state index is 0.157. The number of nitrogens with zero attached hydrogens (tertiary/aromatic N) is 2. The molecule has 2 N–H and O–H groups in total. The van der Waals surface area contributed by atoms with Crippen molar-refractivity contribution in [2.45, 2.75) is 6.04 Å². The Morgan fingerprint density at radius 1 is 1.12 bits per heavy atom. The third kappa shape index (κ3) is 3.06. The average Bonchev–Trinajstić information content (AvgIpc) is 2.67. The van der Waals surface area contributed by atoms with Crippen LogP contribution in [-0.2, 0) is 0 Å². The number of rotatable bonds is 3. The maximum absolute atomic E-state index is 11.8. The summed E-state index contributed by atoms with van der Waals surface area (Å²) in [4.78, 5) is 18.5. The van der Waals surface area contributed by atoms with Gasteiger partial charge in [-0.2, -0.15) is 0 Å². The van der Waals surface area contributed by atoms with E-state index in [2.05, 4.69) is 27.3 Å². The van der Waals surface area contributed by atoms with Crippen molar-refractivity contribution in [2.24, 2.45) is 0 Å². The van der Waals surface area contributed by atoms with Gasteiger partial charge in [-0.05, 0) is 17.7 Å². The van der Waals surface area contributed by atoms with Crippen LogP contribution in [0.5, 0.6) is 0 Å². The second kappa shape index (κ2) is 6.53. The first-order chi connectivity index (χ1) is 12.2. The topological polar surface area (TPSA) is 65.5 Å². The number of pyridine rings is 1. The lowest BCUT2D eigenvalue weighted by Gasteiger charge is -2.35. The lowest BCUT2D eigenvalue weighted by atomic mass is 10.0. The molecule has 0 bridgehead atoms. The quantitative estimate of drug-likeness (QED) is 0.771. The third-order valence-electron chi connectivity index (χ3n) is 4.61. The van der Waals surface area contributed by atoms with Gasteiger partial charge in [0.1, 0.15) is 11.4 Å². The number of carbonyl (C=O) groups is 1. The number of hydrogen-bond donors (Lipinski definition) is 2. The van der Waals surface area contributed by atoms with Crippen LogP contribution >= 0.6 is 0 Å². The zero-order valence-corrected chi connectivity index (χ0v) is 13.7. The van der Waals surface area contributed by atoms with E-state index in [1.807, 2.05) is 42.5 Å². The van der Waals surface area contributed by atoms with Crippen molar-refractivity contribution in [3.63, 3.8) is 0 Å². The summed E-state index contributed by atoms with van der Waals surface area (Å²) in [7, 11) is 0. The molecule has 1 saturated heterocycles. The van der Waals surface area contributed by atoms with Crippen LogP contribution in [0.1, 0.15) is 22.0 Å². The fraction of sp³-hybridized carbons (Fsp3) is 0.200. The highest BCUT2D eigenvalue weighted by atomic mass is 16.4. The lowest BCUT2D eigenvalue weighted by molar-refractivity contribution is 0.0697. The molecule has 5 heteroatoms. The van der Waals surface area contributed by atoms with Crippen LogP contribution in [0.2, 0.25) is 0 Å². The first kappa shape index (κ1) is 15.6. The molecule has 4 rings (SSSR count). The molecule has 1 atom stereocenters. The van der Waals surface area contributed by atoms with Gasteiger partial charge in [-0.1, -0.05) is 48.5 Å². The Bertz CT molecular complexity index is 911. The number of hydrogen-bond acceptors (Lipinski definition) is 4. The van der Waals surface area contributed by atoms with Crippen molar-refractivity contribution in [1.29, 1.82) is 0 Å². The number of carboxylic acids is 1. The van der Waals surface area contributed by atoms with Crippen LogP contribution < -0.4 is 10.2 Å². The summed E-state index contributed by atoms with van der Waals surface area (Å²) >= 11 is 0. The van der Waals surface area contributed by atoms with Crippen molar-refractivity contribution >= 4 is 22.7 Å². The van der Waals surface area contributed by atoms with E-state index in [0.717, 1.165) is 24.0 Å². The summed E-state index contributed by atoms with van der Waals surface area (Å²) in [5.74, 6) is -0.392. The largest absolute Gasteiger partial charge is 0.478 e. The molecule has 2 heterocycles. The highest BCUT2D eigenvalue weighted by Crippen LogP contribution is 2.27. The number of piperazine rings is 1. The Labute approximate surface area is 145 Å². The van der Waals surface area contributed by atoms with Gasteiger partial charge in [0.2, 0.25) is 0 Å². The van der Waals surface area contributed by atoms with Crippen LogP contribution in [0.3, 0.4) is 0 Å². The van der Waals surface area contributed by atoms with E-state index in [-0.39, 0.29) is 11.6 Å². The summed E-state index contributed by atoms with van der Waals surface area (Å²) in [5, 5.41) is 14.0. The standard InChI is InChI=1S/C20H19N3O2/c24-20(25)16-12-15-8-4-5-9-17(15)22-19(16)23-11-10-21-18(13-23)14-6-2-1-3-7-14/h1-9,12,18,21H,10-11,13H2,(H,24,25). The van der Waals surface area contributed by atoms with Crippen LogP contribution in [0.15, 0.2) is 60.7 Å². The average molecular weight is 333 g/mol. The number of aromatic nitrogens is 1. The molecule has 25 heavy (non-hydrogen) atoms. The molecule has 1 aliphatic rings. The Kier molecular flexibility index (Phi) is 4.07. The molecule has 1 aliphatic heterocycles. The van der Waals surface area contributed by atoms with Crippen LogP contribution in [0, 0.1) is 0 Å². The van der Waals surface area contributed by atoms with Crippen molar-refractivity contribution < 1.29 is 9.90 Å². The Morgan fingerprint density at radius 2 is 1.88 bits per heavy atom. The summed E-state index contributed by atoms with van der Waals surface area (Å²) in [6.45, 7) is 2.21. The molecule has 126 valence electrons. The minimum atomic E-state index is -0.942. The fourth-order valence-electron chi connectivity index (χ4n) is 3.36. The summed E-state index contributed by atoms with van der Waals surface area (Å²) < 4.78 is 0. The van der Waals surface area contributed by atoms with Crippen LogP contribution in [-0.4, -0.2) is 35.7 Å². The maximum Gasteiger partial charge on any atom is 0.339 e. The molecule has 2 aromatic carbocycles. The third-order valence-corrected chi connectivity index (χ3v) is 4.61. The van der Waals surface area contributed by atoms with E-state index < -0.39 is 5.97 Å². The molecule has 3 aromatic rings. The van der Waals surface area contributed by atoms with E-state index in [4.69, 9.17) is 0 Å². The molecule has 0 aliphatic carbocycles. The van der Waals surface area contributed by atoms with Crippen molar-refractivity contribution in [2.75, 3.05) is 24.5 Å². The maximum atomic E-state index is 11.8. The SMILES string of the molecule is O=C(O)c1cc2ccccc2nc1N1CCNC(c2ccccc2)C1. The highest BCUT2D eigenvalue weighted by molar-refractivity contribution is 5.98. The molecule has 1 aromatic heterocycles. The van der Waals surface area contributed by atoms with Gasteiger partial charge in [0.05, 0.1) is 5.52 Å². The minimum Gasteiger partial charge on any atom is -0.478 e. The zero-order chi connectivity index (χ0) is 17.2. The molecular formula is C20H19N3O2. The Morgan fingerprint density at radius 3 is 2.68 bits per heavy atom. The molecule has 5 nitrogen and oxygen atoms in total. The fourth-order valence-corrected chi connectivity index (χ4v) is 3.36. The first-order valence-corrected chi connectivity index (χ1v) is 8.39. The highest BCUT2D eigenvalue weighted by Gasteiger charge is 2.25. The normalized spacial score (nSPS) is 17.6. The smallest absolute Gasteiger partial charge is 0.339 e. The molecule has 0 radical (unpaired) electrons. The van der Waals surface area contributed by atoms with E-state index in [1.165, 1.54) is 5.56 Å². The lowest BCUT2D eigenvalue weighted by Crippen LogP contribution is -2.46. The van der Waals surface area contributed by atoms with Gasteiger partial charge in [-0.15, -0.1) is 0 Å². The summed E-state index contributed by atoms with van der Waals surface area (Å²) in [6, 6.07) is 19.7. The van der Waals surface area contributed by atoms with Gasteiger partial charge >= 0.3 is 5.97 Å². The first-order valence-electron chi connectivity index (χ1n) is 8.39. The molecule has 0 amide bonds. The number of carboxylic acid groups (broad SMARTS) is 1. The van der Waals surface area contributed by atoms with Gasteiger partial charge in [-0.25, -0.2) is 9.78 Å². The molecule has 0 saturated carbocycles. The number of benzene rings is 2. The molecule has 1 fully saturated rings. The van der Waals surface area contributed by atoms with Crippen LogP contribution in [0.25, 0.3) is 10.9 Å². The predicted molar refractivity (Wildman–Crippen MR) is 98.1 cm³/mol. The van der Waals surface area contributed by atoms with Crippen molar-refractivity contribution in [1.82, 2.24) is 10.3 Å². The molecule has 1 unspecified atom stereocenters. The second-order valence-corrected chi connectivity index (χ2v) is 6.22. The molecule has 0 spiro atoms. The van der Waals surface area contributed by atoms with Crippen molar-refractivity contribution in [3.05, 3.63) is 71.8 Å². The Balaban J connectivity index is 1.72. The Hall–Kier alpha value is -2.92. The summed E-state index contributed by atoms with van der Waals surface area (Å²) in [6.07, 6.45) is 0. The second-order valence-electron chi connectivity index (χ2n) is 6.22. The predicted octanol–water partition coefficient (Wildman–Crippen LogP) is 3.08. The number of nitrogens with one attached hydrogen (secondary N) is 1. The van der Waals surface area contributed by atoms with Crippen LogP contribution in [0.4, 0.5) is 5.82 Å². The number of aromatic carboxylic acids is 1. The van der Waals surface area contributed by atoms with Gasteiger partial charge in [-0.3, -0.25) is 0 Å². The number of para-hydroxylation sites is 1. The summed E-state index contributed by atoms with van der Waals surface area (Å²) in [5.41, 5.74) is 2.27. The van der Waals surface area contributed by atoms with E-state index in [9.17, 15) is 9.90 Å². The van der Waals surface area contributed by atoms with E-state index in [1.54, 1.807) is 6.07 Å².